The quantitative estimate of drug-likeness (QED) is 0.843. The van der Waals surface area contributed by atoms with E-state index in [1.165, 1.54) is 0 Å². The Kier molecular flexibility index (Phi) is 2.74. The summed E-state index contributed by atoms with van der Waals surface area (Å²) in [6, 6.07) is 9.92. The molecule has 0 saturated carbocycles. The number of nitrogens with zero attached hydrogens (tertiary/aromatic N) is 1. The van der Waals surface area contributed by atoms with Crippen LogP contribution in [-0.2, 0) is 17.9 Å². The van der Waals surface area contributed by atoms with E-state index >= 15 is 0 Å². The summed E-state index contributed by atoms with van der Waals surface area (Å²) in [6.45, 7) is 0.630. The zero-order chi connectivity index (χ0) is 12.5. The molecule has 1 unspecified atom stereocenters. The highest BCUT2D eigenvalue weighted by atomic mass is 16.5. The topological polar surface area (TPSA) is 68.4 Å². The maximum Gasteiger partial charge on any atom is 0.144 e. The molecule has 0 spiro atoms. The Hall–Kier alpha value is -1.91. The standard InChI is InChI=1S/C14H14N2O2/c15-6-12-13(17)11-8-18-14(10(11)7-16-12)9-4-2-1-3-5-9/h1-5,7,14,17H,6,8,15H2. The van der Waals surface area contributed by atoms with Gasteiger partial charge in [0, 0.05) is 23.9 Å². The molecule has 1 atom stereocenters. The van der Waals surface area contributed by atoms with Gasteiger partial charge in [0.1, 0.15) is 11.9 Å². The average molecular weight is 242 g/mol. The number of fused-ring (bicyclic) bond motifs is 1. The Morgan fingerprint density at radius 2 is 2.11 bits per heavy atom. The number of ether oxygens (including phenoxy) is 1. The molecule has 2 heterocycles. The largest absolute Gasteiger partial charge is 0.506 e. The minimum absolute atomic E-state index is 0.147. The van der Waals surface area contributed by atoms with Crippen molar-refractivity contribution in [1.29, 1.82) is 0 Å². The number of aromatic hydroxyl groups is 1. The minimum atomic E-state index is -0.147. The highest BCUT2D eigenvalue weighted by Crippen LogP contribution is 2.40. The van der Waals surface area contributed by atoms with Crippen molar-refractivity contribution in [2.45, 2.75) is 19.3 Å². The Labute approximate surface area is 105 Å². The lowest BCUT2D eigenvalue weighted by molar-refractivity contribution is 0.0932. The molecule has 0 radical (unpaired) electrons. The van der Waals surface area contributed by atoms with Gasteiger partial charge < -0.3 is 15.6 Å². The first kappa shape index (κ1) is 11.2. The van der Waals surface area contributed by atoms with Gasteiger partial charge in [-0.2, -0.15) is 0 Å². The van der Waals surface area contributed by atoms with Crippen LogP contribution >= 0.6 is 0 Å². The van der Waals surface area contributed by atoms with E-state index in [2.05, 4.69) is 4.98 Å². The number of nitrogens with two attached hydrogens (primary N) is 1. The van der Waals surface area contributed by atoms with Crippen molar-refractivity contribution in [2.24, 2.45) is 5.73 Å². The second-order valence-corrected chi connectivity index (χ2v) is 4.29. The van der Waals surface area contributed by atoms with Gasteiger partial charge in [0.05, 0.1) is 12.3 Å². The Bertz CT molecular complexity index is 570. The Morgan fingerprint density at radius 3 is 2.83 bits per heavy atom. The van der Waals surface area contributed by atoms with Gasteiger partial charge in [-0.1, -0.05) is 30.3 Å². The second-order valence-electron chi connectivity index (χ2n) is 4.29. The molecule has 0 aliphatic carbocycles. The molecule has 0 amide bonds. The maximum absolute atomic E-state index is 10.1. The van der Waals surface area contributed by atoms with Crippen LogP contribution in [0.25, 0.3) is 0 Å². The highest BCUT2D eigenvalue weighted by molar-refractivity contribution is 5.46. The fourth-order valence-corrected chi connectivity index (χ4v) is 2.28. The number of pyridine rings is 1. The smallest absolute Gasteiger partial charge is 0.144 e. The fourth-order valence-electron chi connectivity index (χ4n) is 2.28. The molecule has 18 heavy (non-hydrogen) atoms. The summed E-state index contributed by atoms with van der Waals surface area (Å²) in [4.78, 5) is 4.19. The van der Waals surface area contributed by atoms with Crippen molar-refractivity contribution in [1.82, 2.24) is 4.98 Å². The van der Waals surface area contributed by atoms with Gasteiger partial charge in [-0.15, -0.1) is 0 Å². The highest BCUT2D eigenvalue weighted by Gasteiger charge is 2.28. The Balaban J connectivity index is 2.06. The number of aromatic nitrogens is 1. The van der Waals surface area contributed by atoms with Gasteiger partial charge in [0.2, 0.25) is 0 Å². The lowest BCUT2D eigenvalue weighted by atomic mass is 10.0. The van der Waals surface area contributed by atoms with Gasteiger partial charge in [-0.05, 0) is 5.56 Å². The monoisotopic (exact) mass is 242 g/mol. The molecule has 1 aromatic carbocycles. The van der Waals surface area contributed by atoms with E-state index < -0.39 is 0 Å². The van der Waals surface area contributed by atoms with Crippen molar-refractivity contribution in [2.75, 3.05) is 0 Å². The van der Waals surface area contributed by atoms with Crippen molar-refractivity contribution < 1.29 is 9.84 Å². The van der Waals surface area contributed by atoms with Crippen molar-refractivity contribution in [3.8, 4) is 5.75 Å². The molecule has 1 aromatic heterocycles. The normalized spacial score (nSPS) is 17.7. The molecule has 92 valence electrons. The summed E-state index contributed by atoms with van der Waals surface area (Å²) in [5, 5.41) is 10.1. The van der Waals surface area contributed by atoms with Crippen LogP contribution in [0, 0.1) is 0 Å². The molecule has 4 nitrogen and oxygen atoms in total. The summed E-state index contributed by atoms with van der Waals surface area (Å²) in [7, 11) is 0. The van der Waals surface area contributed by atoms with E-state index in [-0.39, 0.29) is 18.4 Å². The first-order chi connectivity index (χ1) is 8.81. The molecule has 0 fully saturated rings. The van der Waals surface area contributed by atoms with Crippen LogP contribution in [0.4, 0.5) is 0 Å². The lowest BCUT2D eigenvalue weighted by Crippen LogP contribution is -2.03. The summed E-state index contributed by atoms with van der Waals surface area (Å²) in [5.74, 6) is 0.174. The van der Waals surface area contributed by atoms with Crippen molar-refractivity contribution in [3.05, 3.63) is 58.9 Å². The molecular weight excluding hydrogens is 228 g/mol. The average Bonchev–Trinajstić information content (AvgIpc) is 2.85. The van der Waals surface area contributed by atoms with Crippen molar-refractivity contribution >= 4 is 0 Å². The first-order valence-corrected chi connectivity index (χ1v) is 5.87. The Morgan fingerprint density at radius 1 is 1.33 bits per heavy atom. The van der Waals surface area contributed by atoms with E-state index in [1.54, 1.807) is 6.20 Å². The molecular formula is C14H14N2O2. The second kappa shape index (κ2) is 4.40. The SMILES string of the molecule is NCc1ncc2c(c1O)COC2c1ccccc1. The van der Waals surface area contributed by atoms with Crippen LogP contribution in [0.3, 0.4) is 0 Å². The minimum Gasteiger partial charge on any atom is -0.506 e. The first-order valence-electron chi connectivity index (χ1n) is 5.87. The summed E-state index contributed by atoms with van der Waals surface area (Å²) in [6.07, 6.45) is 1.61. The predicted octanol–water partition coefficient (Wildman–Crippen LogP) is 1.87. The van der Waals surface area contributed by atoms with Crippen LogP contribution in [0.1, 0.15) is 28.5 Å². The third kappa shape index (κ3) is 1.66. The number of hydrogen-bond acceptors (Lipinski definition) is 4. The third-order valence-corrected chi connectivity index (χ3v) is 3.24. The summed E-state index contributed by atoms with van der Waals surface area (Å²) < 4.78 is 5.75. The zero-order valence-electron chi connectivity index (χ0n) is 9.84. The molecule has 0 bridgehead atoms. The van der Waals surface area contributed by atoms with E-state index in [4.69, 9.17) is 10.5 Å². The van der Waals surface area contributed by atoms with Gasteiger partial charge >= 0.3 is 0 Å². The maximum atomic E-state index is 10.1. The predicted molar refractivity (Wildman–Crippen MR) is 66.9 cm³/mol. The third-order valence-electron chi connectivity index (χ3n) is 3.24. The molecule has 2 aromatic rings. The van der Waals surface area contributed by atoms with Gasteiger partial charge in [0.25, 0.3) is 0 Å². The molecule has 1 aliphatic heterocycles. The lowest BCUT2D eigenvalue weighted by Gasteiger charge is -2.11. The van der Waals surface area contributed by atoms with Crippen LogP contribution < -0.4 is 5.73 Å². The van der Waals surface area contributed by atoms with Crippen LogP contribution in [0.2, 0.25) is 0 Å². The summed E-state index contributed by atoms with van der Waals surface area (Å²) in [5.41, 5.74) is 8.85. The number of benzene rings is 1. The molecule has 1 aliphatic rings. The van der Waals surface area contributed by atoms with E-state index in [1.807, 2.05) is 30.3 Å². The van der Waals surface area contributed by atoms with Crippen LogP contribution in [0.5, 0.6) is 5.75 Å². The van der Waals surface area contributed by atoms with Crippen LogP contribution in [-0.4, -0.2) is 10.1 Å². The zero-order valence-corrected chi connectivity index (χ0v) is 9.84. The molecule has 3 rings (SSSR count). The molecule has 3 N–H and O–H groups in total. The molecule has 4 heteroatoms. The van der Waals surface area contributed by atoms with E-state index in [9.17, 15) is 5.11 Å². The van der Waals surface area contributed by atoms with E-state index in [0.717, 1.165) is 16.7 Å². The number of hydrogen-bond donors (Lipinski definition) is 2. The van der Waals surface area contributed by atoms with Gasteiger partial charge in [-0.25, -0.2) is 0 Å². The number of rotatable bonds is 2. The summed E-state index contributed by atoms with van der Waals surface area (Å²) >= 11 is 0. The van der Waals surface area contributed by atoms with Crippen LogP contribution in [0.15, 0.2) is 36.5 Å². The van der Waals surface area contributed by atoms with Crippen molar-refractivity contribution in [3.63, 3.8) is 0 Å². The molecule has 0 saturated heterocycles. The van der Waals surface area contributed by atoms with Gasteiger partial charge in [-0.3, -0.25) is 4.98 Å². The van der Waals surface area contributed by atoms with Gasteiger partial charge in [0.15, 0.2) is 0 Å². The van der Waals surface area contributed by atoms with E-state index in [0.29, 0.717) is 12.3 Å². The fraction of sp³-hybridized carbons (Fsp3) is 0.214.